The second-order valence-corrected chi connectivity index (χ2v) is 5.57. The average Bonchev–Trinajstić information content (AvgIpc) is 2.36. The second-order valence-electron chi connectivity index (χ2n) is 5.57. The molecular weight excluding hydrogens is 280 g/mol. The van der Waals surface area contributed by atoms with Crippen LogP contribution in [-0.4, -0.2) is 22.6 Å². The molecule has 1 aromatic rings. The van der Waals surface area contributed by atoms with Crippen LogP contribution in [-0.2, 0) is 0 Å². The SMILES string of the molecule is CC(=O)c1c(O)cc(OCC=C(C)CCC=C(C)C)cc1O. The predicted molar refractivity (Wildman–Crippen MR) is 87.7 cm³/mol. The highest BCUT2D eigenvalue weighted by Gasteiger charge is 2.14. The molecule has 0 aliphatic heterocycles. The highest BCUT2D eigenvalue weighted by atomic mass is 16.5. The Morgan fingerprint density at radius 2 is 1.68 bits per heavy atom. The lowest BCUT2D eigenvalue weighted by Gasteiger charge is -2.09. The van der Waals surface area contributed by atoms with Crippen molar-refractivity contribution in [1.82, 2.24) is 0 Å². The first kappa shape index (κ1) is 17.8. The predicted octanol–water partition coefficient (Wildman–Crippen LogP) is 4.37. The summed E-state index contributed by atoms with van der Waals surface area (Å²) in [6.45, 7) is 7.82. The molecule has 0 bridgehead atoms. The van der Waals surface area contributed by atoms with Gasteiger partial charge in [-0.3, -0.25) is 4.79 Å². The lowest BCUT2D eigenvalue weighted by Crippen LogP contribution is -1.98. The molecule has 1 rings (SSSR count). The Bertz CT molecular complexity index is 570. The minimum absolute atomic E-state index is 0.0826. The smallest absolute Gasteiger partial charge is 0.167 e. The van der Waals surface area contributed by atoms with E-state index in [-0.39, 0.29) is 17.1 Å². The molecule has 0 spiro atoms. The van der Waals surface area contributed by atoms with Crippen molar-refractivity contribution in [2.45, 2.75) is 40.5 Å². The van der Waals surface area contributed by atoms with Crippen molar-refractivity contribution in [2.75, 3.05) is 6.61 Å². The fourth-order valence-electron chi connectivity index (χ4n) is 2.00. The van der Waals surface area contributed by atoms with Gasteiger partial charge < -0.3 is 14.9 Å². The van der Waals surface area contributed by atoms with Gasteiger partial charge in [0.25, 0.3) is 0 Å². The summed E-state index contributed by atoms with van der Waals surface area (Å²) in [5.74, 6) is -0.608. The Hall–Kier alpha value is -2.23. The highest BCUT2D eigenvalue weighted by molar-refractivity contribution is 5.99. The molecule has 0 radical (unpaired) electrons. The van der Waals surface area contributed by atoms with Gasteiger partial charge in [-0.05, 0) is 46.6 Å². The van der Waals surface area contributed by atoms with E-state index in [1.54, 1.807) is 0 Å². The maximum absolute atomic E-state index is 11.3. The molecule has 0 saturated heterocycles. The van der Waals surface area contributed by atoms with Crippen LogP contribution in [0, 0.1) is 0 Å². The number of phenols is 2. The number of allylic oxidation sites excluding steroid dienone is 3. The number of carbonyl (C=O) groups excluding carboxylic acids is 1. The zero-order chi connectivity index (χ0) is 16.7. The molecular formula is C18H24O4. The summed E-state index contributed by atoms with van der Waals surface area (Å²) in [6.07, 6.45) is 6.12. The standard InChI is InChI=1S/C18H24O4/c1-12(2)6-5-7-13(3)8-9-22-15-10-16(20)18(14(4)19)17(21)11-15/h6,8,10-11,20-21H,5,7,9H2,1-4H3. The molecule has 0 amide bonds. The van der Waals surface area contributed by atoms with Gasteiger partial charge in [0, 0.05) is 12.1 Å². The summed E-state index contributed by atoms with van der Waals surface area (Å²) in [6, 6.07) is 2.67. The quantitative estimate of drug-likeness (QED) is 0.580. The topological polar surface area (TPSA) is 66.8 Å². The Labute approximate surface area is 131 Å². The van der Waals surface area contributed by atoms with E-state index < -0.39 is 5.78 Å². The van der Waals surface area contributed by atoms with E-state index >= 15 is 0 Å². The van der Waals surface area contributed by atoms with Crippen LogP contribution in [0.15, 0.2) is 35.4 Å². The summed E-state index contributed by atoms with van der Waals surface area (Å²) in [4.78, 5) is 11.3. The van der Waals surface area contributed by atoms with Crippen molar-refractivity contribution in [2.24, 2.45) is 0 Å². The summed E-state index contributed by atoms with van der Waals surface area (Å²) in [5, 5.41) is 19.5. The molecule has 0 aromatic heterocycles. The van der Waals surface area contributed by atoms with E-state index in [1.807, 2.05) is 13.0 Å². The first-order valence-corrected chi connectivity index (χ1v) is 7.30. The molecule has 0 unspecified atom stereocenters. The molecule has 1 aromatic carbocycles. The number of ketones is 1. The minimum atomic E-state index is -0.392. The van der Waals surface area contributed by atoms with Crippen LogP contribution >= 0.6 is 0 Å². The molecule has 0 aliphatic carbocycles. The van der Waals surface area contributed by atoms with Crippen LogP contribution < -0.4 is 4.74 Å². The van der Waals surface area contributed by atoms with Crippen LogP contribution in [0.4, 0.5) is 0 Å². The molecule has 120 valence electrons. The fourth-order valence-corrected chi connectivity index (χ4v) is 2.00. The number of rotatable bonds is 7. The monoisotopic (exact) mass is 304 g/mol. The van der Waals surface area contributed by atoms with Gasteiger partial charge >= 0.3 is 0 Å². The second kappa shape index (κ2) is 8.27. The number of hydrogen-bond donors (Lipinski definition) is 2. The van der Waals surface area contributed by atoms with E-state index in [0.29, 0.717) is 12.4 Å². The first-order valence-electron chi connectivity index (χ1n) is 7.30. The van der Waals surface area contributed by atoms with Crippen molar-refractivity contribution < 1.29 is 19.7 Å². The third kappa shape index (κ3) is 5.64. The van der Waals surface area contributed by atoms with Crippen molar-refractivity contribution in [1.29, 1.82) is 0 Å². The molecule has 4 heteroatoms. The maximum atomic E-state index is 11.3. The molecule has 22 heavy (non-hydrogen) atoms. The lowest BCUT2D eigenvalue weighted by molar-refractivity contribution is 0.101. The van der Waals surface area contributed by atoms with E-state index in [9.17, 15) is 15.0 Å². The summed E-state index contributed by atoms with van der Waals surface area (Å²) in [7, 11) is 0. The van der Waals surface area contributed by atoms with Crippen molar-refractivity contribution in [3.63, 3.8) is 0 Å². The van der Waals surface area contributed by atoms with Crippen LogP contribution in [0.5, 0.6) is 17.2 Å². The summed E-state index contributed by atoms with van der Waals surface area (Å²) in [5.41, 5.74) is 2.44. The molecule has 0 fully saturated rings. The van der Waals surface area contributed by atoms with E-state index in [4.69, 9.17) is 4.74 Å². The van der Waals surface area contributed by atoms with Crippen molar-refractivity contribution in [3.05, 3.63) is 41.0 Å². The molecule has 2 N–H and O–H groups in total. The summed E-state index contributed by atoms with van der Waals surface area (Å²) >= 11 is 0. The van der Waals surface area contributed by atoms with Crippen molar-refractivity contribution in [3.8, 4) is 17.2 Å². The molecule has 0 heterocycles. The Morgan fingerprint density at radius 3 is 2.18 bits per heavy atom. The van der Waals surface area contributed by atoms with Gasteiger partial charge in [-0.15, -0.1) is 0 Å². The number of aromatic hydroxyl groups is 2. The number of ether oxygens (including phenoxy) is 1. The maximum Gasteiger partial charge on any atom is 0.167 e. The van der Waals surface area contributed by atoms with Gasteiger partial charge in [-0.1, -0.05) is 17.2 Å². The van der Waals surface area contributed by atoms with Gasteiger partial charge in [0.15, 0.2) is 5.78 Å². The molecule has 0 atom stereocenters. The van der Waals surface area contributed by atoms with Gasteiger partial charge in [0.1, 0.15) is 29.4 Å². The van der Waals surface area contributed by atoms with Gasteiger partial charge in [0.05, 0.1) is 0 Å². The normalized spacial score (nSPS) is 11.2. The molecule has 0 aliphatic rings. The van der Waals surface area contributed by atoms with E-state index in [2.05, 4.69) is 19.9 Å². The fraction of sp³-hybridized carbons (Fsp3) is 0.389. The number of carbonyl (C=O) groups is 1. The molecule has 0 saturated carbocycles. The van der Waals surface area contributed by atoms with Crippen molar-refractivity contribution >= 4 is 5.78 Å². The average molecular weight is 304 g/mol. The van der Waals surface area contributed by atoms with Crippen LogP contribution in [0.3, 0.4) is 0 Å². The first-order chi connectivity index (χ1) is 10.3. The van der Waals surface area contributed by atoms with Crippen LogP contribution in [0.2, 0.25) is 0 Å². The van der Waals surface area contributed by atoms with Crippen LogP contribution in [0.25, 0.3) is 0 Å². The minimum Gasteiger partial charge on any atom is -0.507 e. The molecule has 4 nitrogen and oxygen atoms in total. The lowest BCUT2D eigenvalue weighted by atomic mass is 10.1. The van der Waals surface area contributed by atoms with Gasteiger partial charge in [-0.2, -0.15) is 0 Å². The third-order valence-corrected chi connectivity index (χ3v) is 3.20. The zero-order valence-corrected chi connectivity index (χ0v) is 13.6. The van der Waals surface area contributed by atoms with Gasteiger partial charge in [-0.25, -0.2) is 0 Å². The Balaban J connectivity index is 2.62. The number of benzene rings is 1. The third-order valence-electron chi connectivity index (χ3n) is 3.20. The number of hydrogen-bond acceptors (Lipinski definition) is 4. The number of Topliss-reactive ketones (excluding diaryl/α,β-unsaturated/α-hetero) is 1. The summed E-state index contributed by atoms with van der Waals surface area (Å²) < 4.78 is 5.48. The van der Waals surface area contributed by atoms with E-state index in [0.717, 1.165) is 12.8 Å². The Kier molecular flexibility index (Phi) is 6.70. The number of phenolic OH excluding ortho intramolecular Hbond substituents is 2. The van der Waals surface area contributed by atoms with Crippen LogP contribution in [0.1, 0.15) is 50.9 Å². The highest BCUT2D eigenvalue weighted by Crippen LogP contribution is 2.32. The largest absolute Gasteiger partial charge is 0.507 e. The van der Waals surface area contributed by atoms with E-state index in [1.165, 1.54) is 30.2 Å². The Morgan fingerprint density at radius 1 is 1.09 bits per heavy atom. The van der Waals surface area contributed by atoms with Gasteiger partial charge in [0.2, 0.25) is 0 Å². The zero-order valence-electron chi connectivity index (χ0n) is 13.6.